The van der Waals surface area contributed by atoms with Crippen molar-refractivity contribution in [2.45, 2.75) is 6.18 Å². The fraction of sp³-hybridized carbons (Fsp3) is 0.0667. The lowest BCUT2D eigenvalue weighted by atomic mass is 10.0. The number of nitrogens with zero attached hydrogens (tertiary/aromatic N) is 2. The lowest BCUT2D eigenvalue weighted by Crippen LogP contribution is -2.04. The fourth-order valence-corrected chi connectivity index (χ4v) is 2.05. The van der Waals surface area contributed by atoms with Crippen LogP contribution in [0.2, 0.25) is 0 Å². The quantitative estimate of drug-likeness (QED) is 0.769. The van der Waals surface area contributed by atoms with Crippen LogP contribution in [0.5, 0.6) is 0 Å². The lowest BCUT2D eigenvalue weighted by molar-refractivity contribution is -0.137. The van der Waals surface area contributed by atoms with Crippen molar-refractivity contribution in [1.82, 2.24) is 15.4 Å². The number of hydrogen-bond donors (Lipinski definition) is 1. The molecular formula is C15H10F3N3. The average molecular weight is 289 g/mol. The highest BCUT2D eigenvalue weighted by molar-refractivity contribution is 5.77. The first-order chi connectivity index (χ1) is 10.1. The van der Waals surface area contributed by atoms with Gasteiger partial charge in [-0.15, -0.1) is 0 Å². The second kappa shape index (κ2) is 5.05. The number of hydrogen-bond acceptors (Lipinski definition) is 2. The fourth-order valence-electron chi connectivity index (χ4n) is 2.05. The van der Waals surface area contributed by atoms with Crippen molar-refractivity contribution in [1.29, 1.82) is 0 Å². The number of nitrogens with one attached hydrogen (secondary N) is 1. The molecule has 0 fully saturated rings. The van der Waals surface area contributed by atoms with Gasteiger partial charge in [-0.25, -0.2) is 0 Å². The van der Waals surface area contributed by atoms with Gasteiger partial charge >= 0.3 is 6.18 Å². The van der Waals surface area contributed by atoms with Crippen molar-refractivity contribution in [3.8, 4) is 22.5 Å². The Labute approximate surface area is 118 Å². The SMILES string of the molecule is FC(F)(F)c1ccc(-c2n[nH]nc2-c2ccccc2)cc1. The highest BCUT2D eigenvalue weighted by Crippen LogP contribution is 2.32. The Balaban J connectivity index is 2.01. The summed E-state index contributed by atoms with van der Waals surface area (Å²) in [6.45, 7) is 0. The predicted molar refractivity (Wildman–Crippen MR) is 72.3 cm³/mol. The summed E-state index contributed by atoms with van der Waals surface area (Å²) < 4.78 is 37.7. The number of aromatic amines is 1. The molecule has 21 heavy (non-hydrogen) atoms. The minimum absolute atomic E-state index is 0.523. The van der Waals surface area contributed by atoms with E-state index in [4.69, 9.17) is 0 Å². The van der Waals surface area contributed by atoms with Gasteiger partial charge in [0.2, 0.25) is 0 Å². The third-order valence-electron chi connectivity index (χ3n) is 3.08. The number of aromatic nitrogens is 3. The Morgan fingerprint density at radius 1 is 0.714 bits per heavy atom. The molecule has 0 bridgehead atoms. The van der Waals surface area contributed by atoms with Gasteiger partial charge < -0.3 is 0 Å². The van der Waals surface area contributed by atoms with Crippen LogP contribution in [0, 0.1) is 0 Å². The molecule has 0 saturated carbocycles. The molecule has 0 amide bonds. The molecule has 1 N–H and O–H groups in total. The minimum Gasteiger partial charge on any atom is -0.197 e. The van der Waals surface area contributed by atoms with E-state index < -0.39 is 11.7 Å². The standard InChI is InChI=1S/C15H10F3N3/c16-15(17,18)12-8-6-11(7-9-12)14-13(19-21-20-14)10-4-2-1-3-5-10/h1-9H,(H,19,20,21). The summed E-state index contributed by atoms with van der Waals surface area (Å²) in [5.74, 6) is 0. The van der Waals surface area contributed by atoms with Gasteiger partial charge in [0.15, 0.2) is 0 Å². The summed E-state index contributed by atoms with van der Waals surface area (Å²) in [7, 11) is 0. The first kappa shape index (κ1) is 13.4. The van der Waals surface area contributed by atoms with E-state index in [1.54, 1.807) is 0 Å². The zero-order chi connectivity index (χ0) is 14.9. The molecule has 3 aromatic rings. The maximum Gasteiger partial charge on any atom is 0.416 e. The van der Waals surface area contributed by atoms with Gasteiger partial charge in [0.25, 0.3) is 0 Å². The molecular weight excluding hydrogens is 279 g/mol. The van der Waals surface area contributed by atoms with E-state index in [2.05, 4.69) is 15.4 Å². The zero-order valence-corrected chi connectivity index (χ0v) is 10.7. The van der Waals surface area contributed by atoms with Crippen LogP contribution in [0.15, 0.2) is 54.6 Å². The summed E-state index contributed by atoms with van der Waals surface area (Å²) in [5.41, 5.74) is 1.87. The maximum absolute atomic E-state index is 12.6. The van der Waals surface area contributed by atoms with Gasteiger partial charge in [0.05, 0.1) is 5.56 Å². The Bertz CT molecular complexity index is 731. The van der Waals surface area contributed by atoms with Crippen molar-refractivity contribution in [3.63, 3.8) is 0 Å². The van der Waals surface area contributed by atoms with E-state index in [0.29, 0.717) is 17.0 Å². The molecule has 0 saturated heterocycles. The van der Waals surface area contributed by atoms with Gasteiger partial charge in [-0.05, 0) is 12.1 Å². The zero-order valence-electron chi connectivity index (χ0n) is 10.7. The van der Waals surface area contributed by atoms with Crippen LogP contribution in [-0.2, 0) is 6.18 Å². The molecule has 0 unspecified atom stereocenters. The minimum atomic E-state index is -4.34. The molecule has 0 radical (unpaired) electrons. The van der Waals surface area contributed by atoms with E-state index >= 15 is 0 Å². The second-order valence-electron chi connectivity index (χ2n) is 4.46. The second-order valence-corrected chi connectivity index (χ2v) is 4.46. The number of alkyl halides is 3. The topological polar surface area (TPSA) is 41.6 Å². The van der Waals surface area contributed by atoms with Crippen LogP contribution in [0.4, 0.5) is 13.2 Å². The Kier molecular flexibility index (Phi) is 3.21. The first-order valence-corrected chi connectivity index (χ1v) is 6.19. The molecule has 3 rings (SSSR count). The summed E-state index contributed by atoms with van der Waals surface area (Å²) in [6, 6.07) is 14.2. The molecule has 6 heteroatoms. The van der Waals surface area contributed by atoms with Crippen LogP contribution in [-0.4, -0.2) is 15.4 Å². The van der Waals surface area contributed by atoms with Crippen LogP contribution in [0.25, 0.3) is 22.5 Å². The molecule has 0 aliphatic carbocycles. The van der Waals surface area contributed by atoms with E-state index in [0.717, 1.165) is 17.7 Å². The van der Waals surface area contributed by atoms with Crippen LogP contribution < -0.4 is 0 Å². The number of halogens is 3. The summed E-state index contributed by atoms with van der Waals surface area (Å²) >= 11 is 0. The van der Waals surface area contributed by atoms with Crippen molar-refractivity contribution < 1.29 is 13.2 Å². The first-order valence-electron chi connectivity index (χ1n) is 6.19. The molecule has 1 heterocycles. The van der Waals surface area contributed by atoms with Crippen molar-refractivity contribution >= 4 is 0 Å². The molecule has 0 aliphatic heterocycles. The summed E-state index contributed by atoms with van der Waals surface area (Å²) in [5, 5.41) is 10.6. The van der Waals surface area contributed by atoms with Crippen molar-refractivity contribution in [2.75, 3.05) is 0 Å². The molecule has 0 spiro atoms. The smallest absolute Gasteiger partial charge is 0.197 e. The normalized spacial score (nSPS) is 11.6. The lowest BCUT2D eigenvalue weighted by Gasteiger charge is -2.07. The van der Waals surface area contributed by atoms with E-state index in [9.17, 15) is 13.2 Å². The molecule has 3 nitrogen and oxygen atoms in total. The largest absolute Gasteiger partial charge is 0.416 e. The summed E-state index contributed by atoms with van der Waals surface area (Å²) in [6.07, 6.45) is -4.34. The maximum atomic E-state index is 12.6. The Hall–Kier alpha value is -2.63. The van der Waals surface area contributed by atoms with Gasteiger partial charge in [-0.1, -0.05) is 42.5 Å². The number of rotatable bonds is 2. The third-order valence-corrected chi connectivity index (χ3v) is 3.08. The highest BCUT2D eigenvalue weighted by Gasteiger charge is 2.30. The molecule has 2 aromatic carbocycles. The van der Waals surface area contributed by atoms with E-state index in [-0.39, 0.29) is 0 Å². The highest BCUT2D eigenvalue weighted by atomic mass is 19.4. The van der Waals surface area contributed by atoms with Crippen LogP contribution in [0.3, 0.4) is 0 Å². The van der Waals surface area contributed by atoms with Crippen molar-refractivity contribution in [3.05, 3.63) is 60.2 Å². The van der Waals surface area contributed by atoms with E-state index in [1.807, 2.05) is 30.3 Å². The number of H-pyrrole nitrogens is 1. The third kappa shape index (κ3) is 2.65. The summed E-state index contributed by atoms with van der Waals surface area (Å²) in [4.78, 5) is 0. The monoisotopic (exact) mass is 289 g/mol. The van der Waals surface area contributed by atoms with Gasteiger partial charge in [0.1, 0.15) is 11.4 Å². The molecule has 0 atom stereocenters. The van der Waals surface area contributed by atoms with Crippen molar-refractivity contribution in [2.24, 2.45) is 0 Å². The average Bonchev–Trinajstić information content (AvgIpc) is 2.97. The Morgan fingerprint density at radius 2 is 1.24 bits per heavy atom. The van der Waals surface area contributed by atoms with Gasteiger partial charge in [-0.3, -0.25) is 0 Å². The van der Waals surface area contributed by atoms with Gasteiger partial charge in [-0.2, -0.15) is 28.6 Å². The Morgan fingerprint density at radius 3 is 1.76 bits per heavy atom. The molecule has 0 aliphatic rings. The van der Waals surface area contributed by atoms with E-state index in [1.165, 1.54) is 12.1 Å². The predicted octanol–water partition coefficient (Wildman–Crippen LogP) is 4.16. The molecule has 106 valence electrons. The number of benzene rings is 2. The van der Waals surface area contributed by atoms with Gasteiger partial charge in [0, 0.05) is 11.1 Å². The molecule has 1 aromatic heterocycles. The van der Waals surface area contributed by atoms with Crippen LogP contribution in [0.1, 0.15) is 5.56 Å². The van der Waals surface area contributed by atoms with Crippen LogP contribution >= 0.6 is 0 Å².